The number of aromatic carboxylic acids is 1. The van der Waals surface area contributed by atoms with Gasteiger partial charge in [0.2, 0.25) is 0 Å². The van der Waals surface area contributed by atoms with Gasteiger partial charge >= 0.3 is 5.97 Å². The van der Waals surface area contributed by atoms with Crippen LogP contribution in [0.4, 0.5) is 30.4 Å². The first-order chi connectivity index (χ1) is 9.40. The predicted octanol–water partition coefficient (Wildman–Crippen LogP) is 2.52. The summed E-state index contributed by atoms with van der Waals surface area (Å²) in [7, 11) is 0. The van der Waals surface area contributed by atoms with Crippen LogP contribution in [0, 0.1) is 17.5 Å². The lowest BCUT2D eigenvalue weighted by Crippen LogP contribution is -2.05. The topological polar surface area (TPSA) is 88.2 Å². The highest BCUT2D eigenvalue weighted by Gasteiger charge is 2.15. The maximum atomic E-state index is 13.4. The monoisotopic (exact) mass is 283 g/mol. The van der Waals surface area contributed by atoms with Crippen molar-refractivity contribution in [1.29, 1.82) is 0 Å². The molecular formula is C12H8F3N3O2. The Morgan fingerprint density at radius 3 is 2.55 bits per heavy atom. The number of hydrogen-bond donors (Lipinski definition) is 3. The number of anilines is 3. The summed E-state index contributed by atoms with van der Waals surface area (Å²) in [5.41, 5.74) is 4.95. The normalized spacial score (nSPS) is 10.3. The number of nitrogens with two attached hydrogens (primary N) is 1. The van der Waals surface area contributed by atoms with Crippen molar-refractivity contribution in [3.8, 4) is 0 Å². The van der Waals surface area contributed by atoms with Crippen LogP contribution in [0.3, 0.4) is 0 Å². The lowest BCUT2D eigenvalue weighted by molar-refractivity contribution is 0.0696. The number of nitrogens with one attached hydrogen (secondary N) is 1. The Labute approximate surface area is 110 Å². The summed E-state index contributed by atoms with van der Waals surface area (Å²) in [4.78, 5) is 14.4. The number of aromatic nitrogens is 1. The Morgan fingerprint density at radius 2 is 1.95 bits per heavy atom. The molecule has 0 aliphatic heterocycles. The van der Waals surface area contributed by atoms with Crippen molar-refractivity contribution in [2.45, 2.75) is 0 Å². The fourth-order valence-electron chi connectivity index (χ4n) is 1.45. The van der Waals surface area contributed by atoms with Crippen molar-refractivity contribution in [3.63, 3.8) is 0 Å². The van der Waals surface area contributed by atoms with Gasteiger partial charge in [0.15, 0.2) is 23.3 Å². The van der Waals surface area contributed by atoms with Gasteiger partial charge in [-0.05, 0) is 18.2 Å². The highest BCUT2D eigenvalue weighted by atomic mass is 19.2. The number of rotatable bonds is 3. The number of benzene rings is 1. The number of hydrogen-bond acceptors (Lipinski definition) is 4. The van der Waals surface area contributed by atoms with Crippen molar-refractivity contribution in [3.05, 3.63) is 47.4 Å². The lowest BCUT2D eigenvalue weighted by atomic mass is 10.2. The third-order valence-corrected chi connectivity index (χ3v) is 2.45. The van der Waals surface area contributed by atoms with E-state index < -0.39 is 23.4 Å². The molecule has 0 spiro atoms. The van der Waals surface area contributed by atoms with Crippen molar-refractivity contribution >= 4 is 23.2 Å². The van der Waals surface area contributed by atoms with Crippen LogP contribution >= 0.6 is 0 Å². The first-order valence-electron chi connectivity index (χ1n) is 5.29. The van der Waals surface area contributed by atoms with Gasteiger partial charge in [-0.25, -0.2) is 22.9 Å². The molecule has 20 heavy (non-hydrogen) atoms. The van der Waals surface area contributed by atoms with Gasteiger partial charge in [0.05, 0.1) is 16.9 Å². The molecule has 2 rings (SSSR count). The average molecular weight is 283 g/mol. The molecule has 0 saturated heterocycles. The highest BCUT2D eigenvalue weighted by Crippen LogP contribution is 2.25. The Balaban J connectivity index is 2.36. The molecule has 0 unspecified atom stereocenters. The van der Waals surface area contributed by atoms with Gasteiger partial charge in [0.25, 0.3) is 0 Å². The van der Waals surface area contributed by atoms with E-state index in [1.165, 1.54) is 0 Å². The molecule has 1 aromatic heterocycles. The molecule has 2 aromatic rings. The van der Waals surface area contributed by atoms with Crippen LogP contribution in [0.5, 0.6) is 0 Å². The van der Waals surface area contributed by atoms with Crippen LogP contribution in [0.1, 0.15) is 10.4 Å². The average Bonchev–Trinajstić information content (AvgIpc) is 2.41. The quantitative estimate of drug-likeness (QED) is 0.753. The van der Waals surface area contributed by atoms with Crippen LogP contribution in [-0.4, -0.2) is 16.1 Å². The zero-order valence-corrected chi connectivity index (χ0v) is 9.82. The number of halogens is 3. The van der Waals surface area contributed by atoms with Crippen LogP contribution in [0.25, 0.3) is 0 Å². The van der Waals surface area contributed by atoms with Crippen molar-refractivity contribution in [2.24, 2.45) is 0 Å². The number of carbonyl (C=O) groups is 1. The molecule has 104 valence electrons. The van der Waals surface area contributed by atoms with E-state index >= 15 is 0 Å². The summed E-state index contributed by atoms with van der Waals surface area (Å²) in [5, 5.41) is 11.1. The minimum atomic E-state index is -1.63. The summed E-state index contributed by atoms with van der Waals surface area (Å²) in [5.74, 6) is -5.67. The summed E-state index contributed by atoms with van der Waals surface area (Å²) >= 11 is 0. The van der Waals surface area contributed by atoms with Crippen LogP contribution in [-0.2, 0) is 0 Å². The summed E-state index contributed by atoms with van der Waals surface area (Å²) in [6, 6.07) is 2.82. The van der Waals surface area contributed by atoms with E-state index in [1.54, 1.807) is 0 Å². The molecule has 0 saturated carbocycles. The molecule has 0 atom stereocenters. The maximum absolute atomic E-state index is 13.4. The minimum absolute atomic E-state index is 0.0695. The van der Waals surface area contributed by atoms with E-state index in [2.05, 4.69) is 10.3 Å². The van der Waals surface area contributed by atoms with E-state index in [1.807, 2.05) is 0 Å². The molecule has 0 aliphatic rings. The Hall–Kier alpha value is -2.77. The van der Waals surface area contributed by atoms with E-state index in [9.17, 15) is 18.0 Å². The van der Waals surface area contributed by atoms with Gasteiger partial charge < -0.3 is 16.2 Å². The van der Waals surface area contributed by atoms with E-state index in [0.29, 0.717) is 0 Å². The molecule has 4 N–H and O–H groups in total. The Morgan fingerprint density at radius 1 is 1.25 bits per heavy atom. The van der Waals surface area contributed by atoms with Gasteiger partial charge in [-0.1, -0.05) is 0 Å². The molecular weight excluding hydrogens is 275 g/mol. The van der Waals surface area contributed by atoms with E-state index in [0.717, 1.165) is 24.4 Å². The second-order valence-corrected chi connectivity index (χ2v) is 3.81. The van der Waals surface area contributed by atoms with Gasteiger partial charge in [-0.15, -0.1) is 0 Å². The van der Waals surface area contributed by atoms with Crippen molar-refractivity contribution in [2.75, 3.05) is 11.1 Å². The second-order valence-electron chi connectivity index (χ2n) is 3.81. The zero-order chi connectivity index (χ0) is 14.9. The Kier molecular flexibility index (Phi) is 3.47. The number of nitrogen functional groups attached to an aromatic ring is 1. The predicted molar refractivity (Wildman–Crippen MR) is 65.2 cm³/mol. The Bertz CT molecular complexity index is 692. The molecule has 1 heterocycles. The lowest BCUT2D eigenvalue weighted by Gasteiger charge is -2.10. The van der Waals surface area contributed by atoms with Gasteiger partial charge in [-0.2, -0.15) is 0 Å². The summed E-state index contributed by atoms with van der Waals surface area (Å²) in [6.07, 6.45) is 0.999. The molecule has 8 heteroatoms. The van der Waals surface area contributed by atoms with Crippen LogP contribution in [0.15, 0.2) is 24.4 Å². The minimum Gasteiger partial charge on any atom is -0.478 e. The third kappa shape index (κ3) is 2.48. The third-order valence-electron chi connectivity index (χ3n) is 2.45. The molecule has 1 aromatic carbocycles. The molecule has 0 fully saturated rings. The standard InChI is InChI=1S/C12H8F3N3O2/c13-6-1-2-8(10(15)9(6)14)18-11-7(16)3-5(4-17-11)12(19)20/h1-4H,16H2,(H,17,18)(H,19,20). The fraction of sp³-hybridized carbons (Fsp3) is 0. The SMILES string of the molecule is Nc1cc(C(=O)O)cnc1Nc1ccc(F)c(F)c1F. The number of carboxylic acids is 1. The second kappa shape index (κ2) is 5.08. The molecule has 0 bridgehead atoms. The fourth-order valence-corrected chi connectivity index (χ4v) is 1.45. The maximum Gasteiger partial charge on any atom is 0.337 e. The molecule has 0 radical (unpaired) electrons. The number of pyridine rings is 1. The molecule has 0 aliphatic carbocycles. The van der Waals surface area contributed by atoms with E-state index in [4.69, 9.17) is 10.8 Å². The largest absolute Gasteiger partial charge is 0.478 e. The number of carboxylic acid groups (broad SMARTS) is 1. The van der Waals surface area contributed by atoms with Crippen molar-refractivity contribution in [1.82, 2.24) is 4.98 Å². The van der Waals surface area contributed by atoms with Gasteiger partial charge in [-0.3, -0.25) is 0 Å². The van der Waals surface area contributed by atoms with Crippen LogP contribution < -0.4 is 11.1 Å². The molecule has 5 nitrogen and oxygen atoms in total. The van der Waals surface area contributed by atoms with E-state index in [-0.39, 0.29) is 22.8 Å². The first-order valence-corrected chi connectivity index (χ1v) is 5.29. The van der Waals surface area contributed by atoms with Gasteiger partial charge in [0, 0.05) is 6.20 Å². The zero-order valence-electron chi connectivity index (χ0n) is 9.82. The number of nitrogens with zero attached hydrogens (tertiary/aromatic N) is 1. The first kappa shape index (κ1) is 13.7. The van der Waals surface area contributed by atoms with Crippen molar-refractivity contribution < 1.29 is 23.1 Å². The smallest absolute Gasteiger partial charge is 0.337 e. The molecule has 0 amide bonds. The highest BCUT2D eigenvalue weighted by molar-refractivity contribution is 5.89. The summed E-state index contributed by atoms with van der Waals surface area (Å²) in [6.45, 7) is 0. The summed E-state index contributed by atoms with van der Waals surface area (Å²) < 4.78 is 39.3. The van der Waals surface area contributed by atoms with Gasteiger partial charge in [0.1, 0.15) is 0 Å². The van der Waals surface area contributed by atoms with Crippen LogP contribution in [0.2, 0.25) is 0 Å².